The fraction of sp³-hybridized carbons (Fsp3) is 0.350. The van der Waals surface area contributed by atoms with E-state index in [1.807, 2.05) is 44.3 Å². The number of aryl methyl sites for hydroxylation is 2. The number of aliphatic hydroxyl groups excluding tert-OH is 1. The van der Waals surface area contributed by atoms with Crippen molar-refractivity contribution in [2.24, 2.45) is 7.05 Å². The van der Waals surface area contributed by atoms with Gasteiger partial charge in [-0.3, -0.25) is 4.68 Å². The van der Waals surface area contributed by atoms with Crippen molar-refractivity contribution in [2.45, 2.75) is 19.6 Å². The minimum atomic E-state index is -0.819. The van der Waals surface area contributed by atoms with Crippen molar-refractivity contribution >= 4 is 22.8 Å². The van der Waals surface area contributed by atoms with Crippen LogP contribution in [-0.2, 0) is 18.4 Å². The first kappa shape index (κ1) is 20.6. The van der Waals surface area contributed by atoms with Crippen molar-refractivity contribution < 1.29 is 19.4 Å². The summed E-state index contributed by atoms with van der Waals surface area (Å²) in [6.07, 6.45) is 0.748. The molecule has 0 aliphatic carbocycles. The van der Waals surface area contributed by atoms with Crippen LogP contribution in [0.15, 0.2) is 36.5 Å². The van der Waals surface area contributed by atoms with Crippen LogP contribution in [0.3, 0.4) is 0 Å². The molecule has 3 aromatic rings. The summed E-state index contributed by atoms with van der Waals surface area (Å²) in [5.41, 5.74) is 3.11. The normalized spacial score (nSPS) is 12.0. The van der Waals surface area contributed by atoms with Gasteiger partial charge in [-0.15, -0.1) is 0 Å². The monoisotopic (exact) mass is 399 g/mol. The van der Waals surface area contributed by atoms with Crippen molar-refractivity contribution in [3.63, 3.8) is 0 Å². The zero-order valence-corrected chi connectivity index (χ0v) is 16.7. The Labute approximate surface area is 168 Å². The largest absolute Gasteiger partial charge is 0.497 e. The summed E-state index contributed by atoms with van der Waals surface area (Å²) >= 11 is 0. The number of aliphatic hydroxyl groups is 1. The molecule has 0 spiro atoms. The zero-order chi connectivity index (χ0) is 20.8. The van der Waals surface area contributed by atoms with E-state index < -0.39 is 12.1 Å². The number of methoxy groups -OCH3 is 1. The second-order valence-electron chi connectivity index (χ2n) is 6.66. The van der Waals surface area contributed by atoms with Crippen LogP contribution in [0.25, 0.3) is 11.0 Å². The third-order valence-electron chi connectivity index (χ3n) is 4.36. The van der Waals surface area contributed by atoms with Crippen LogP contribution < -0.4 is 15.4 Å². The van der Waals surface area contributed by atoms with Crippen molar-refractivity contribution in [2.75, 3.05) is 25.6 Å². The quantitative estimate of drug-likeness (QED) is 0.534. The number of carbonyl (C=O) groups excluding carboxylic acids is 1. The van der Waals surface area contributed by atoms with Gasteiger partial charge in [0.15, 0.2) is 5.65 Å². The molecule has 9 heteroatoms. The fourth-order valence-corrected chi connectivity index (χ4v) is 2.86. The first-order valence-corrected chi connectivity index (χ1v) is 9.19. The van der Waals surface area contributed by atoms with Crippen molar-refractivity contribution in [1.29, 1.82) is 0 Å². The number of ether oxygens (including phenoxy) is 2. The van der Waals surface area contributed by atoms with Crippen molar-refractivity contribution in [3.05, 3.63) is 47.8 Å². The predicted octanol–water partition coefficient (Wildman–Crippen LogP) is 1.98. The summed E-state index contributed by atoms with van der Waals surface area (Å²) in [4.78, 5) is 16.4. The maximum Gasteiger partial charge on any atom is 0.319 e. The van der Waals surface area contributed by atoms with Crippen LogP contribution in [0.1, 0.15) is 11.3 Å². The lowest BCUT2D eigenvalue weighted by molar-refractivity contribution is 0.0302. The van der Waals surface area contributed by atoms with Crippen LogP contribution in [0.2, 0.25) is 0 Å². The first-order valence-electron chi connectivity index (χ1n) is 9.19. The third-order valence-corrected chi connectivity index (χ3v) is 4.36. The van der Waals surface area contributed by atoms with Gasteiger partial charge in [-0.25, -0.2) is 9.78 Å². The SMILES string of the molecule is COc1ccc(COCC(O)CNC(=O)Nc2cnc3c(c2)c(C)nn3C)cc1. The van der Waals surface area contributed by atoms with Crippen molar-refractivity contribution in [1.82, 2.24) is 20.1 Å². The number of pyridine rings is 1. The molecule has 1 atom stereocenters. The van der Waals surface area contributed by atoms with Gasteiger partial charge in [0.1, 0.15) is 5.75 Å². The second kappa shape index (κ2) is 9.35. The number of nitrogens with one attached hydrogen (secondary N) is 2. The highest BCUT2D eigenvalue weighted by atomic mass is 16.5. The molecule has 0 radical (unpaired) electrons. The van der Waals surface area contributed by atoms with Crippen LogP contribution in [0.5, 0.6) is 5.75 Å². The molecule has 2 aromatic heterocycles. The van der Waals surface area contributed by atoms with E-state index in [1.165, 1.54) is 0 Å². The highest BCUT2D eigenvalue weighted by Gasteiger charge is 2.10. The Hall–Kier alpha value is -3.17. The Morgan fingerprint density at radius 3 is 2.79 bits per heavy atom. The lowest BCUT2D eigenvalue weighted by Crippen LogP contribution is -2.37. The van der Waals surface area contributed by atoms with Gasteiger partial charge >= 0.3 is 6.03 Å². The number of benzene rings is 1. The van der Waals surface area contributed by atoms with Gasteiger partial charge in [0.05, 0.1) is 44.0 Å². The number of hydrogen-bond acceptors (Lipinski definition) is 6. The van der Waals surface area contributed by atoms with Crippen LogP contribution in [0, 0.1) is 6.92 Å². The lowest BCUT2D eigenvalue weighted by Gasteiger charge is -2.13. The van der Waals surface area contributed by atoms with Gasteiger partial charge in [-0.05, 0) is 30.7 Å². The molecular formula is C20H25N5O4. The number of anilines is 1. The highest BCUT2D eigenvalue weighted by Crippen LogP contribution is 2.19. The number of amides is 2. The Morgan fingerprint density at radius 2 is 2.07 bits per heavy atom. The van der Waals surface area contributed by atoms with Gasteiger partial charge in [0, 0.05) is 19.0 Å². The lowest BCUT2D eigenvalue weighted by atomic mass is 10.2. The zero-order valence-electron chi connectivity index (χ0n) is 16.7. The highest BCUT2D eigenvalue weighted by molar-refractivity contribution is 5.92. The maximum atomic E-state index is 12.1. The number of nitrogens with zero attached hydrogens (tertiary/aromatic N) is 3. The summed E-state index contributed by atoms with van der Waals surface area (Å²) in [5, 5.41) is 20.5. The van der Waals surface area contributed by atoms with Crippen LogP contribution in [0.4, 0.5) is 10.5 Å². The molecule has 9 nitrogen and oxygen atoms in total. The number of aromatic nitrogens is 3. The first-order chi connectivity index (χ1) is 14.0. The molecule has 2 amide bonds. The maximum absolute atomic E-state index is 12.1. The molecule has 29 heavy (non-hydrogen) atoms. The molecule has 0 aliphatic rings. The molecule has 0 saturated heterocycles. The van der Waals surface area contributed by atoms with E-state index >= 15 is 0 Å². The van der Waals surface area contributed by atoms with E-state index in [0.29, 0.717) is 12.3 Å². The van der Waals surface area contributed by atoms with E-state index in [9.17, 15) is 9.90 Å². The van der Waals surface area contributed by atoms with E-state index in [2.05, 4.69) is 20.7 Å². The van der Waals surface area contributed by atoms with E-state index in [1.54, 1.807) is 18.0 Å². The summed E-state index contributed by atoms with van der Waals surface area (Å²) < 4.78 is 12.3. The number of hydrogen-bond donors (Lipinski definition) is 3. The minimum absolute atomic E-state index is 0.0655. The third kappa shape index (κ3) is 5.43. The van der Waals surface area contributed by atoms with Gasteiger partial charge < -0.3 is 25.2 Å². The molecule has 154 valence electrons. The molecule has 0 saturated carbocycles. The Morgan fingerprint density at radius 1 is 1.31 bits per heavy atom. The Bertz CT molecular complexity index is 971. The molecular weight excluding hydrogens is 374 g/mol. The standard InChI is InChI=1S/C20H25N5O4/c1-13-18-8-15(9-21-19(18)25(2)24-13)23-20(27)22-10-16(26)12-29-11-14-4-6-17(28-3)7-5-14/h4-9,16,26H,10-12H2,1-3H3,(H2,22,23,27). The number of rotatable bonds is 8. The molecule has 0 fully saturated rings. The summed E-state index contributed by atoms with van der Waals surface area (Å²) in [7, 11) is 3.43. The average Bonchev–Trinajstić information content (AvgIpc) is 3.00. The van der Waals surface area contributed by atoms with E-state index in [4.69, 9.17) is 9.47 Å². The summed E-state index contributed by atoms with van der Waals surface area (Å²) in [6, 6.07) is 8.87. The number of urea groups is 1. The number of carbonyl (C=O) groups is 1. The van der Waals surface area contributed by atoms with Crippen molar-refractivity contribution in [3.8, 4) is 5.75 Å². The molecule has 0 aliphatic heterocycles. The predicted molar refractivity (Wildman–Crippen MR) is 109 cm³/mol. The molecule has 3 rings (SSSR count). The van der Waals surface area contributed by atoms with Gasteiger partial charge in [0.25, 0.3) is 0 Å². The topological polar surface area (TPSA) is 111 Å². The van der Waals surface area contributed by atoms with Gasteiger partial charge in [-0.1, -0.05) is 12.1 Å². The van der Waals surface area contributed by atoms with Gasteiger partial charge in [0.2, 0.25) is 0 Å². The minimum Gasteiger partial charge on any atom is -0.497 e. The molecule has 3 N–H and O–H groups in total. The Kier molecular flexibility index (Phi) is 6.63. The summed E-state index contributed by atoms with van der Waals surface area (Å²) in [5.74, 6) is 0.775. The van der Waals surface area contributed by atoms with E-state index in [-0.39, 0.29) is 13.2 Å². The number of fused-ring (bicyclic) bond motifs is 1. The Balaban J connectivity index is 1.41. The van der Waals surface area contributed by atoms with Gasteiger partial charge in [-0.2, -0.15) is 5.10 Å². The average molecular weight is 399 g/mol. The smallest absolute Gasteiger partial charge is 0.319 e. The molecule has 0 bridgehead atoms. The van der Waals surface area contributed by atoms with Crippen LogP contribution >= 0.6 is 0 Å². The van der Waals surface area contributed by atoms with E-state index in [0.717, 1.165) is 28.0 Å². The summed E-state index contributed by atoms with van der Waals surface area (Å²) in [6.45, 7) is 2.42. The molecule has 1 unspecified atom stereocenters. The fourth-order valence-electron chi connectivity index (χ4n) is 2.86. The molecule has 2 heterocycles. The molecule has 1 aromatic carbocycles. The second-order valence-corrected chi connectivity index (χ2v) is 6.66. The van der Waals surface area contributed by atoms with Crippen LogP contribution in [-0.4, -0.2) is 52.3 Å².